The van der Waals surface area contributed by atoms with Crippen LogP contribution in [0.15, 0.2) is 92.9 Å². The maximum atomic E-state index is 14.6. The van der Waals surface area contributed by atoms with Gasteiger partial charge in [-0.25, -0.2) is 9.78 Å². The zero-order valence-electron chi connectivity index (χ0n) is 49.1. The van der Waals surface area contributed by atoms with Gasteiger partial charge in [-0.15, -0.1) is 0 Å². The number of nitro groups is 1. The number of carboxylic acid groups (broad SMARTS) is 1. The summed E-state index contributed by atoms with van der Waals surface area (Å²) in [5, 5.41) is 51.6. The van der Waals surface area contributed by atoms with Crippen LogP contribution in [0, 0.1) is 16.0 Å². The molecule has 0 spiro atoms. The zero-order chi connectivity index (χ0) is 66.0. The molecule has 89 heavy (non-hydrogen) atoms. The summed E-state index contributed by atoms with van der Waals surface area (Å²) < 4.78 is 0. The number of aromatic nitrogens is 1. The zero-order valence-corrected chi connectivity index (χ0v) is 50.8. The fraction of sp³-hybridized carbons (Fsp3) is 0.463. The van der Waals surface area contributed by atoms with Crippen LogP contribution in [0.2, 0.25) is 0 Å². The van der Waals surface area contributed by atoms with Crippen LogP contribution in [0.4, 0.5) is 5.69 Å². The molecule has 3 aromatic rings. The number of carbonyl (C=O) groups excluding carboxylic acids is 8. The summed E-state index contributed by atoms with van der Waals surface area (Å²) >= 11 is 0. The number of carboxylic acids is 1. The van der Waals surface area contributed by atoms with Gasteiger partial charge in [0.1, 0.15) is 42.0 Å². The van der Waals surface area contributed by atoms with Crippen LogP contribution in [-0.4, -0.2) is 172 Å². The Bertz CT molecular complexity index is 2950. The SMILES string of the molecule is CC(C)C[C@H](NC(=O)[C@H](Cc1ccccc1)NC(=O)CNC(=O)CNC(=O)[C@@H](N)Cc1ccc(O)cc1)C(=O)N[C@@H](CCCN=C(N)N)C(=O)N[C@@H](CCCN=C(N)N)C(=O)N[C@@H](CSSc1ncccc1[N+](=O)[O-])C(=O)N[C@@H](CCCN=C(N)N)C(=O)O. The summed E-state index contributed by atoms with van der Waals surface area (Å²) in [6, 6.07) is 7.33. The number of aliphatic carboxylic acids is 1. The number of amides is 8. The van der Waals surface area contributed by atoms with Gasteiger partial charge in [0.15, 0.2) is 22.9 Å². The van der Waals surface area contributed by atoms with Crippen LogP contribution in [0.3, 0.4) is 0 Å². The number of pyridine rings is 1. The topological polar surface area (TPSA) is 566 Å². The number of aliphatic imine (C=N–C) groups is 3. The molecule has 486 valence electrons. The molecule has 0 aliphatic carbocycles. The van der Waals surface area contributed by atoms with Crippen molar-refractivity contribution >= 4 is 98.4 Å². The lowest BCUT2D eigenvalue weighted by Crippen LogP contribution is -2.60. The number of carbonyl (C=O) groups is 9. The Morgan fingerprint density at radius 3 is 1.57 bits per heavy atom. The Balaban J connectivity index is 1.91. The van der Waals surface area contributed by atoms with Crippen molar-refractivity contribution in [2.24, 2.45) is 61.0 Å². The first-order chi connectivity index (χ1) is 42.2. The number of guanidine groups is 3. The molecule has 0 radical (unpaired) electrons. The monoisotopic (exact) mass is 1280 g/mol. The summed E-state index contributed by atoms with van der Waals surface area (Å²) in [7, 11) is 1.66. The summed E-state index contributed by atoms with van der Waals surface area (Å²) in [5.41, 5.74) is 39.9. The molecule has 35 heteroatoms. The second kappa shape index (κ2) is 39.3. The number of hydrogen-bond donors (Lipinski definition) is 17. The minimum Gasteiger partial charge on any atom is -0.508 e. The second-order valence-corrected chi connectivity index (χ2v) is 22.7. The summed E-state index contributed by atoms with van der Waals surface area (Å²) in [6.07, 6.45) is 1.05. The molecule has 0 aliphatic rings. The predicted molar refractivity (Wildman–Crippen MR) is 334 cm³/mol. The van der Waals surface area contributed by atoms with E-state index in [-0.39, 0.29) is 123 Å². The number of benzene rings is 2. The quantitative estimate of drug-likeness (QED) is 0.00662. The van der Waals surface area contributed by atoms with Gasteiger partial charge in [0.25, 0.3) is 0 Å². The van der Waals surface area contributed by atoms with Gasteiger partial charge in [0.05, 0.1) is 24.1 Å². The molecule has 33 nitrogen and oxygen atoms in total. The van der Waals surface area contributed by atoms with Crippen molar-refractivity contribution in [1.82, 2.24) is 47.5 Å². The van der Waals surface area contributed by atoms with Crippen molar-refractivity contribution in [3.05, 3.63) is 94.2 Å². The van der Waals surface area contributed by atoms with E-state index in [0.717, 1.165) is 21.6 Å². The Morgan fingerprint density at radius 2 is 1.04 bits per heavy atom. The van der Waals surface area contributed by atoms with Gasteiger partial charge in [-0.2, -0.15) is 0 Å². The third-order valence-electron chi connectivity index (χ3n) is 12.5. The van der Waals surface area contributed by atoms with E-state index in [2.05, 4.69) is 62.5 Å². The highest BCUT2D eigenvalue weighted by Crippen LogP contribution is 2.35. The van der Waals surface area contributed by atoms with Crippen LogP contribution < -0.4 is 82.7 Å². The molecule has 0 saturated heterocycles. The Kier molecular flexibility index (Phi) is 32.6. The normalized spacial score (nSPS) is 13.2. The first-order valence-electron chi connectivity index (χ1n) is 27.9. The lowest BCUT2D eigenvalue weighted by molar-refractivity contribution is -0.388. The van der Waals surface area contributed by atoms with E-state index < -0.39 is 114 Å². The van der Waals surface area contributed by atoms with E-state index >= 15 is 0 Å². The van der Waals surface area contributed by atoms with Gasteiger partial charge in [0, 0.05) is 44.1 Å². The molecule has 3 rings (SSSR count). The fourth-order valence-electron chi connectivity index (χ4n) is 8.12. The van der Waals surface area contributed by atoms with E-state index in [1.807, 2.05) is 0 Å². The highest BCUT2D eigenvalue weighted by Gasteiger charge is 2.34. The van der Waals surface area contributed by atoms with Crippen molar-refractivity contribution in [1.29, 1.82) is 0 Å². The standard InChI is InChI=1S/C54H80N20O13S2/c1-30(2)24-38(72-48(82)39(26-31-10-4-3-5-11-31)68-43(77)28-66-42(76)27-67-44(78)34(55)25-32-16-18-33(75)19-17-32)47(81)70-35(12-6-21-63-52(56)57)45(79)69-36(13-7-22-64-53(58)59)46(80)73-40(29-88-89-50-41(74(86)87)15-9-20-62-50)49(83)71-37(51(84)85)14-8-23-65-54(60)61/h3-5,9-11,15-20,30,34-40,75H,6-8,12-14,21-29,55H2,1-2H3,(H,66,76)(H,67,78)(H,68,77)(H,69,79)(H,70,81)(H,71,83)(H,72,82)(H,73,80)(H,84,85)(H4,56,57,63)(H4,58,59,64)(H4,60,61,65)/t34-,35-,36-,37-,38-,39-,40-/m0/s1. The number of aromatic hydroxyl groups is 1. The Labute approximate surface area is 520 Å². The maximum Gasteiger partial charge on any atom is 0.326 e. The molecule has 0 fully saturated rings. The largest absolute Gasteiger partial charge is 0.508 e. The number of nitrogens with zero attached hydrogens (tertiary/aromatic N) is 5. The lowest BCUT2D eigenvalue weighted by atomic mass is 10.00. The molecule has 1 heterocycles. The van der Waals surface area contributed by atoms with E-state index in [1.54, 1.807) is 56.3 Å². The Morgan fingerprint density at radius 1 is 0.573 bits per heavy atom. The van der Waals surface area contributed by atoms with Gasteiger partial charge in [-0.3, -0.25) is 63.4 Å². The van der Waals surface area contributed by atoms with Gasteiger partial charge in [-0.1, -0.05) is 67.1 Å². The highest BCUT2D eigenvalue weighted by atomic mass is 33.1. The van der Waals surface area contributed by atoms with E-state index in [4.69, 9.17) is 40.1 Å². The molecule has 0 bridgehead atoms. The third kappa shape index (κ3) is 29.6. The molecule has 0 saturated carbocycles. The summed E-state index contributed by atoms with van der Waals surface area (Å²) in [6.45, 7) is 2.30. The molecule has 1 aromatic heterocycles. The van der Waals surface area contributed by atoms with E-state index in [0.29, 0.717) is 11.1 Å². The third-order valence-corrected chi connectivity index (χ3v) is 14.8. The average Bonchev–Trinajstić information content (AvgIpc) is 3.39. The molecule has 8 amide bonds. The molecule has 2 aromatic carbocycles. The highest BCUT2D eigenvalue weighted by molar-refractivity contribution is 8.76. The molecule has 0 aliphatic heterocycles. The molecule has 0 unspecified atom stereocenters. The van der Waals surface area contributed by atoms with Gasteiger partial charge < -0.3 is 92.9 Å². The van der Waals surface area contributed by atoms with Crippen LogP contribution >= 0.6 is 21.6 Å². The van der Waals surface area contributed by atoms with E-state index in [1.165, 1.54) is 30.5 Å². The van der Waals surface area contributed by atoms with Crippen molar-refractivity contribution in [3.8, 4) is 5.75 Å². The minimum atomic E-state index is -1.57. The smallest absolute Gasteiger partial charge is 0.326 e. The minimum absolute atomic E-state index is 0.00541. The first kappa shape index (κ1) is 73.7. The predicted octanol–water partition coefficient (Wildman–Crippen LogP) is -3.32. The molecule has 7 atom stereocenters. The summed E-state index contributed by atoms with van der Waals surface area (Å²) in [4.78, 5) is 150. The van der Waals surface area contributed by atoms with Gasteiger partial charge in [0.2, 0.25) is 47.3 Å². The number of hydrogen-bond acceptors (Lipinski definition) is 19. The Hall–Kier alpha value is -9.51. The van der Waals surface area contributed by atoms with Crippen LogP contribution in [0.25, 0.3) is 0 Å². The summed E-state index contributed by atoms with van der Waals surface area (Å²) in [5.74, 6) is -9.64. The van der Waals surface area contributed by atoms with Crippen LogP contribution in [-0.2, 0) is 56.0 Å². The number of rotatable bonds is 40. The van der Waals surface area contributed by atoms with Crippen LogP contribution in [0.1, 0.15) is 69.9 Å². The molecular weight excluding hydrogens is 1200 g/mol. The second-order valence-electron chi connectivity index (χ2n) is 20.4. The lowest BCUT2D eigenvalue weighted by Gasteiger charge is -2.28. The van der Waals surface area contributed by atoms with Crippen molar-refractivity contribution in [2.45, 2.75) is 119 Å². The first-order valence-corrected chi connectivity index (χ1v) is 30.3. The fourth-order valence-corrected chi connectivity index (χ4v) is 10.3. The van der Waals surface area contributed by atoms with E-state index in [9.17, 15) is 63.5 Å². The van der Waals surface area contributed by atoms with Crippen molar-refractivity contribution in [2.75, 3.05) is 38.5 Å². The van der Waals surface area contributed by atoms with Crippen molar-refractivity contribution < 1.29 is 58.3 Å². The van der Waals surface area contributed by atoms with Crippen LogP contribution in [0.5, 0.6) is 5.75 Å². The number of nitrogens with two attached hydrogens (primary N) is 7. The van der Waals surface area contributed by atoms with Gasteiger partial charge >= 0.3 is 11.7 Å². The van der Waals surface area contributed by atoms with Gasteiger partial charge in [-0.05, 0) is 97.4 Å². The number of phenolic OH excluding ortho intramolecular Hbond substituents is 1. The molecule has 24 N–H and O–H groups in total. The number of nitrogens with one attached hydrogen (secondary N) is 8. The maximum absolute atomic E-state index is 14.6. The van der Waals surface area contributed by atoms with Crippen molar-refractivity contribution in [3.63, 3.8) is 0 Å². The average molecular weight is 1280 g/mol. The molecular formula is C54H80N20O13S2. The number of phenols is 1.